The van der Waals surface area contributed by atoms with Gasteiger partial charge < -0.3 is 133 Å². The zero-order chi connectivity index (χ0) is 94.1. The second kappa shape index (κ2) is 49.6. The molecule has 0 bridgehead atoms. The van der Waals surface area contributed by atoms with Crippen LogP contribution < -0.4 is 97.4 Å². The molecule has 127 heavy (non-hydrogen) atoms. The number of carbonyl (C=O) groups excluding carboxylic acids is 17. The molecular formula is C81H106N20O24S2. The van der Waals surface area contributed by atoms with Crippen LogP contribution in [0.25, 0.3) is 21.8 Å². The number of carboxylic acids is 2. The van der Waals surface area contributed by atoms with Crippen molar-refractivity contribution in [2.75, 3.05) is 24.6 Å². The molecule has 0 aliphatic carbocycles. The number of aliphatic hydroxyl groups excluding tert-OH is 1. The van der Waals surface area contributed by atoms with E-state index in [0.717, 1.165) is 17.8 Å². The molecule has 686 valence electrons. The van der Waals surface area contributed by atoms with Gasteiger partial charge >= 0.3 is 11.9 Å². The van der Waals surface area contributed by atoms with E-state index in [1.54, 1.807) is 50.4 Å². The highest BCUT2D eigenvalue weighted by molar-refractivity contribution is 7.80. The zero-order valence-electron chi connectivity index (χ0n) is 69.4. The molecule has 4 aromatic carbocycles. The minimum absolute atomic E-state index is 0.0447. The number of thiol groups is 2. The van der Waals surface area contributed by atoms with Crippen LogP contribution in [0, 0.1) is 5.92 Å². The molecule has 0 unspecified atom stereocenters. The number of nitrogens with one attached hydrogen (secondary N) is 16. The molecule has 6 rings (SSSR count). The Kier molecular flexibility index (Phi) is 39.8. The average molecular weight is 1810 g/mol. The Morgan fingerprint density at radius 3 is 1.22 bits per heavy atom. The number of aliphatic carboxylic acids is 2. The normalized spacial score (nSPS) is 14.4. The maximum Gasteiger partial charge on any atom is 0.322 e. The van der Waals surface area contributed by atoms with E-state index in [1.165, 1.54) is 61.7 Å². The van der Waals surface area contributed by atoms with Crippen LogP contribution in [0.1, 0.15) is 94.9 Å². The minimum atomic E-state index is -2.09. The number of primary amides is 3. The number of benzene rings is 4. The van der Waals surface area contributed by atoms with Crippen molar-refractivity contribution >= 4 is 159 Å². The molecule has 29 N–H and O–H groups in total. The van der Waals surface area contributed by atoms with Gasteiger partial charge in [-0.3, -0.25) is 91.1 Å². The number of hydrogen-bond acceptors (Lipinski definition) is 25. The molecule has 0 saturated heterocycles. The van der Waals surface area contributed by atoms with E-state index < -0.39 is 266 Å². The fourth-order valence-electron chi connectivity index (χ4n) is 12.8. The van der Waals surface area contributed by atoms with E-state index in [9.17, 15) is 112 Å². The maximum atomic E-state index is 14.6. The number of fused-ring (bicyclic) bond motifs is 2. The van der Waals surface area contributed by atoms with Crippen molar-refractivity contribution in [3.8, 4) is 11.5 Å². The third kappa shape index (κ3) is 33.3. The molecule has 2 heterocycles. The van der Waals surface area contributed by atoms with Gasteiger partial charge in [0.25, 0.3) is 0 Å². The fourth-order valence-corrected chi connectivity index (χ4v) is 13.4. The number of rotatable bonds is 52. The molecule has 0 fully saturated rings. The van der Waals surface area contributed by atoms with Crippen molar-refractivity contribution in [3.63, 3.8) is 0 Å². The Balaban J connectivity index is 1.14. The quantitative estimate of drug-likeness (QED) is 0.0158. The average Bonchev–Trinajstić information content (AvgIpc) is 1.69. The van der Waals surface area contributed by atoms with Crippen LogP contribution in [0.5, 0.6) is 11.5 Å². The number of aromatic hydroxyl groups is 2. The Hall–Kier alpha value is -13.9. The van der Waals surface area contributed by atoms with E-state index in [-0.39, 0.29) is 54.7 Å². The Morgan fingerprint density at radius 2 is 0.756 bits per heavy atom. The first-order chi connectivity index (χ1) is 60.0. The van der Waals surface area contributed by atoms with Crippen molar-refractivity contribution in [3.05, 3.63) is 132 Å². The molecule has 0 saturated carbocycles. The second-order valence-corrected chi connectivity index (χ2v) is 30.9. The van der Waals surface area contributed by atoms with Gasteiger partial charge in [-0.2, -0.15) is 25.3 Å². The summed E-state index contributed by atoms with van der Waals surface area (Å²) in [6, 6.07) is 2.54. The predicted molar refractivity (Wildman–Crippen MR) is 460 cm³/mol. The summed E-state index contributed by atoms with van der Waals surface area (Å²) in [6.45, 7) is 3.66. The number of aromatic amines is 2. The van der Waals surface area contributed by atoms with E-state index in [2.05, 4.69) is 104 Å². The van der Waals surface area contributed by atoms with Crippen LogP contribution in [-0.4, -0.2) is 257 Å². The molecular weight excluding hydrogens is 1700 g/mol. The topological polar surface area (TPSA) is 730 Å². The Labute approximate surface area is 736 Å². The van der Waals surface area contributed by atoms with Gasteiger partial charge in [-0.25, -0.2) is 0 Å². The van der Waals surface area contributed by atoms with Crippen LogP contribution in [0.15, 0.2) is 109 Å². The van der Waals surface area contributed by atoms with Gasteiger partial charge in [0.1, 0.15) is 90.5 Å². The lowest BCUT2D eigenvalue weighted by molar-refractivity contribution is -0.142. The molecule has 0 radical (unpaired) electrons. The number of carboxylic acid groups (broad SMARTS) is 2. The lowest BCUT2D eigenvalue weighted by Gasteiger charge is -2.28. The van der Waals surface area contributed by atoms with Crippen molar-refractivity contribution in [1.82, 2.24) is 84.4 Å². The van der Waals surface area contributed by atoms with Gasteiger partial charge in [-0.05, 0) is 104 Å². The Morgan fingerprint density at radius 1 is 0.378 bits per heavy atom. The minimum Gasteiger partial charge on any atom is -0.508 e. The van der Waals surface area contributed by atoms with E-state index in [0.29, 0.717) is 22.0 Å². The number of hydrogen-bond donors (Lipinski definition) is 27. The summed E-state index contributed by atoms with van der Waals surface area (Å²) in [6.07, 6.45) is -3.81. The highest BCUT2D eigenvalue weighted by atomic mass is 32.1. The number of carbonyl (C=O) groups is 19. The number of nitrogens with two attached hydrogens (primary N) is 4. The number of aliphatic hydroxyl groups is 1. The summed E-state index contributed by atoms with van der Waals surface area (Å²) in [5.41, 5.74) is 25.7. The van der Waals surface area contributed by atoms with Crippen LogP contribution >= 0.6 is 25.3 Å². The largest absolute Gasteiger partial charge is 0.508 e. The van der Waals surface area contributed by atoms with Crippen molar-refractivity contribution in [2.45, 2.75) is 183 Å². The summed E-state index contributed by atoms with van der Waals surface area (Å²) in [5.74, 6) is -23.4. The summed E-state index contributed by atoms with van der Waals surface area (Å²) < 4.78 is 0. The molecule has 17 amide bonds. The highest BCUT2D eigenvalue weighted by Gasteiger charge is 2.39. The summed E-state index contributed by atoms with van der Waals surface area (Å²) in [5, 5.41) is 84.6. The number of H-pyrrole nitrogens is 2. The molecule has 0 spiro atoms. The smallest absolute Gasteiger partial charge is 0.322 e. The second-order valence-electron chi connectivity index (χ2n) is 30.2. The Bertz CT molecular complexity index is 4970. The van der Waals surface area contributed by atoms with Gasteiger partial charge in [-0.1, -0.05) is 74.5 Å². The third-order valence-corrected chi connectivity index (χ3v) is 20.2. The summed E-state index contributed by atoms with van der Waals surface area (Å²) >= 11 is 8.47. The SMILES string of the molecule is CC(C)C[C@H](NC(=O)[C@H](CCC(N)=O)NC(=O)[C@H](CS)NC(=O)[C@H](C)NC(=O)[C@H](CCC(N)=O)NC(=O)[C@@H](N)Cc1c[nH]c2ccccc12)C(=O)NCC(=O)N[C@@H](Cc1ccc(O)cc1)C(=O)N[C@@H](CC(N)=O)C(=O)N[C@H](C(=O)N[C@@H](Cc1ccc(O)cc1)C(=O)N[C@@H](CS)C(=O)N[C@@H](Cc1c[nH]c2ccccc12)C(=O)N[C@@H](CC(=O)O)C(=O)NCC(=O)O)[C@@H](C)O. The zero-order valence-corrected chi connectivity index (χ0v) is 71.1. The lowest BCUT2D eigenvalue weighted by atomic mass is 10.0. The van der Waals surface area contributed by atoms with Crippen molar-refractivity contribution < 1.29 is 117 Å². The standard InChI is InChI=1S/C81H106N20O24S2/c1-38(2)25-54(94-74(118)53(22-24-63(84)106)93-79(123)60(36-126)99-69(113)39(3)90-73(117)52(21-23-62(83)105)92-70(114)49(82)28-43-32-86-50-11-7-5-9-47(43)50)71(115)88-34-65(108)91-55(26-41-13-17-45(103)18-14-41)75(119)96-58(30-64(85)107)78(122)101-68(40(4)102)81(125)98-56(27-42-15-19-46(104)20-16-42)76(120)100-61(37-127)80(124)95-57(29-44-33-87-51-12-8-6-10-48(44)51)77(121)97-59(31-66(109)110)72(116)89-35-67(111)112/h5-20,32-33,38-40,49,52-61,68,86-87,102-104,126-127H,21-31,34-37,82H2,1-4H3,(H2,83,105)(H2,84,106)(H2,85,107)(H,88,115)(H,89,116)(H,90,117)(H,91,108)(H,92,114)(H,93,123)(H,94,118)(H,95,124)(H,96,119)(H,97,121)(H,98,125)(H,99,113)(H,100,120)(H,101,122)(H,109,110)(H,111,112)/t39-,40+,49-,52-,53-,54-,55-,56-,57-,58-,59-,60-,61-,68-/m0/s1. The number of para-hydroxylation sites is 2. The van der Waals surface area contributed by atoms with Crippen molar-refractivity contribution in [2.24, 2.45) is 28.9 Å². The van der Waals surface area contributed by atoms with Gasteiger partial charge in [0.2, 0.25) is 100 Å². The molecule has 0 aliphatic heterocycles. The van der Waals surface area contributed by atoms with E-state index in [4.69, 9.17) is 28.0 Å². The highest BCUT2D eigenvalue weighted by Crippen LogP contribution is 2.23. The van der Waals surface area contributed by atoms with Crippen LogP contribution in [0.3, 0.4) is 0 Å². The van der Waals surface area contributed by atoms with E-state index in [1.807, 2.05) is 23.5 Å². The van der Waals surface area contributed by atoms with Crippen LogP contribution in [0.4, 0.5) is 0 Å². The monoisotopic (exact) mass is 1810 g/mol. The molecule has 6 aromatic rings. The number of phenolic OH excluding ortho intramolecular Hbond substituents is 2. The molecule has 0 aliphatic rings. The van der Waals surface area contributed by atoms with Crippen LogP contribution in [0.2, 0.25) is 0 Å². The molecule has 14 atom stereocenters. The van der Waals surface area contributed by atoms with Gasteiger partial charge in [-0.15, -0.1) is 0 Å². The summed E-state index contributed by atoms with van der Waals surface area (Å²) in [7, 11) is 0. The van der Waals surface area contributed by atoms with Gasteiger partial charge in [0.15, 0.2) is 0 Å². The summed E-state index contributed by atoms with van der Waals surface area (Å²) in [4.78, 5) is 263. The van der Waals surface area contributed by atoms with Crippen molar-refractivity contribution in [1.29, 1.82) is 0 Å². The fraction of sp³-hybridized carbons (Fsp3) is 0.420. The van der Waals surface area contributed by atoms with Gasteiger partial charge in [0.05, 0.1) is 31.5 Å². The number of phenols is 2. The lowest BCUT2D eigenvalue weighted by Crippen LogP contribution is -2.62. The predicted octanol–water partition coefficient (Wildman–Crippen LogP) is -6.02. The third-order valence-electron chi connectivity index (χ3n) is 19.5. The first kappa shape index (κ1) is 102. The number of amides is 17. The molecule has 44 nitrogen and oxygen atoms in total. The van der Waals surface area contributed by atoms with Crippen LogP contribution in [-0.2, 0) is 117 Å². The molecule has 2 aromatic heterocycles. The number of aromatic nitrogens is 2. The maximum absolute atomic E-state index is 14.6. The first-order valence-corrected chi connectivity index (χ1v) is 41.1. The molecule has 46 heteroatoms. The van der Waals surface area contributed by atoms with E-state index >= 15 is 0 Å². The van der Waals surface area contributed by atoms with Gasteiger partial charge in [0, 0.05) is 77.8 Å². The first-order valence-electron chi connectivity index (χ1n) is 39.8.